The first-order chi connectivity index (χ1) is 7.56. The number of hydrogen-bond acceptors (Lipinski definition) is 3. The van der Waals surface area contributed by atoms with E-state index in [2.05, 4.69) is 0 Å². The quantitative estimate of drug-likeness (QED) is 0.740. The number of carboxylic acids is 1. The number of aliphatic carboxylic acids is 1. The van der Waals surface area contributed by atoms with E-state index in [1.165, 1.54) is 0 Å². The van der Waals surface area contributed by atoms with Gasteiger partial charge in [-0.3, -0.25) is 14.5 Å². The fraction of sp³-hybridized carbons (Fsp3) is 0.818. The number of carboxylic acid groups (broad SMARTS) is 1. The highest BCUT2D eigenvalue weighted by molar-refractivity contribution is 5.80. The maximum absolute atomic E-state index is 11.8. The molecule has 0 spiro atoms. The summed E-state index contributed by atoms with van der Waals surface area (Å²) in [4.78, 5) is 26.1. The highest BCUT2D eigenvalue weighted by Crippen LogP contribution is 2.09. The van der Waals surface area contributed by atoms with Crippen molar-refractivity contribution >= 4 is 11.9 Å². The molecule has 1 fully saturated rings. The topological polar surface area (TPSA) is 60.9 Å². The van der Waals surface area contributed by atoms with E-state index in [0.717, 1.165) is 25.9 Å². The molecule has 1 atom stereocenters. The highest BCUT2D eigenvalue weighted by Gasteiger charge is 2.25. The average Bonchev–Trinajstić information content (AvgIpc) is 2.70. The summed E-state index contributed by atoms with van der Waals surface area (Å²) < 4.78 is 0. The molecule has 16 heavy (non-hydrogen) atoms. The zero-order valence-corrected chi connectivity index (χ0v) is 9.98. The number of carbonyl (C=O) groups excluding carboxylic acids is 1. The standard InChI is InChI=1S/C11H20N2O3/c1-3-9(11(15)16)12(2)8-10(14)13-6-4-5-7-13/h9H,3-8H2,1-2H3,(H,15,16). The average molecular weight is 228 g/mol. The summed E-state index contributed by atoms with van der Waals surface area (Å²) in [5.41, 5.74) is 0. The number of likely N-dealkylation sites (tertiary alicyclic amines) is 1. The number of nitrogens with zero attached hydrogens (tertiary/aromatic N) is 2. The number of rotatable bonds is 5. The van der Waals surface area contributed by atoms with Crippen LogP contribution in [0.4, 0.5) is 0 Å². The van der Waals surface area contributed by atoms with Crippen LogP contribution in [-0.2, 0) is 9.59 Å². The molecule has 1 unspecified atom stereocenters. The monoisotopic (exact) mass is 228 g/mol. The van der Waals surface area contributed by atoms with Crippen molar-refractivity contribution in [2.24, 2.45) is 0 Å². The molecular formula is C11H20N2O3. The molecule has 0 aliphatic carbocycles. The Morgan fingerprint density at radius 2 is 1.94 bits per heavy atom. The molecule has 0 aromatic heterocycles. The Labute approximate surface area is 96.0 Å². The van der Waals surface area contributed by atoms with Gasteiger partial charge in [-0.15, -0.1) is 0 Å². The van der Waals surface area contributed by atoms with Gasteiger partial charge in [0.15, 0.2) is 0 Å². The van der Waals surface area contributed by atoms with Crippen LogP contribution in [0.2, 0.25) is 0 Å². The molecule has 0 saturated carbocycles. The Bertz CT molecular complexity index is 262. The Kier molecular flexibility index (Phi) is 4.73. The van der Waals surface area contributed by atoms with Crippen LogP contribution in [-0.4, -0.2) is 59.5 Å². The van der Waals surface area contributed by atoms with E-state index in [0.29, 0.717) is 6.42 Å². The Hall–Kier alpha value is -1.10. The molecule has 1 rings (SSSR count). The van der Waals surface area contributed by atoms with Crippen LogP contribution in [0, 0.1) is 0 Å². The van der Waals surface area contributed by atoms with Crippen molar-refractivity contribution in [3.63, 3.8) is 0 Å². The van der Waals surface area contributed by atoms with Crippen LogP contribution < -0.4 is 0 Å². The third-order valence-electron chi connectivity index (χ3n) is 3.05. The molecule has 1 aliphatic rings. The normalized spacial score (nSPS) is 17.8. The Balaban J connectivity index is 2.45. The van der Waals surface area contributed by atoms with Crippen LogP contribution in [0.5, 0.6) is 0 Å². The maximum atomic E-state index is 11.8. The van der Waals surface area contributed by atoms with Gasteiger partial charge in [0.25, 0.3) is 0 Å². The second kappa shape index (κ2) is 5.84. The highest BCUT2D eigenvalue weighted by atomic mass is 16.4. The molecule has 5 heteroatoms. The van der Waals surface area contributed by atoms with Gasteiger partial charge in [0.1, 0.15) is 6.04 Å². The van der Waals surface area contributed by atoms with Crippen molar-refractivity contribution in [3.8, 4) is 0 Å². The molecule has 1 N–H and O–H groups in total. The summed E-state index contributed by atoms with van der Waals surface area (Å²) in [7, 11) is 1.69. The van der Waals surface area contributed by atoms with Gasteiger partial charge in [0, 0.05) is 13.1 Å². The van der Waals surface area contributed by atoms with E-state index in [1.807, 2.05) is 11.8 Å². The molecule has 0 radical (unpaired) electrons. The molecule has 1 aliphatic heterocycles. The minimum Gasteiger partial charge on any atom is -0.480 e. The fourth-order valence-electron chi connectivity index (χ4n) is 2.06. The molecule has 92 valence electrons. The number of amides is 1. The van der Waals surface area contributed by atoms with E-state index in [4.69, 9.17) is 5.11 Å². The SMILES string of the molecule is CCC(C(=O)O)N(C)CC(=O)N1CCCC1. The maximum Gasteiger partial charge on any atom is 0.320 e. The Morgan fingerprint density at radius 1 is 1.38 bits per heavy atom. The van der Waals surface area contributed by atoms with Gasteiger partial charge < -0.3 is 10.0 Å². The lowest BCUT2D eigenvalue weighted by atomic mass is 10.2. The minimum atomic E-state index is -0.862. The van der Waals surface area contributed by atoms with Gasteiger partial charge in [-0.25, -0.2) is 0 Å². The lowest BCUT2D eigenvalue weighted by molar-refractivity contribution is -0.144. The van der Waals surface area contributed by atoms with Crippen molar-refractivity contribution in [2.45, 2.75) is 32.2 Å². The predicted molar refractivity (Wildman–Crippen MR) is 60.2 cm³/mol. The van der Waals surface area contributed by atoms with Crippen LogP contribution in [0.3, 0.4) is 0 Å². The van der Waals surface area contributed by atoms with Gasteiger partial charge in [0.2, 0.25) is 5.91 Å². The largest absolute Gasteiger partial charge is 0.480 e. The van der Waals surface area contributed by atoms with Crippen molar-refractivity contribution in [2.75, 3.05) is 26.7 Å². The predicted octanol–water partition coefficient (Wildman–Crippen LogP) is 0.404. The molecule has 0 aromatic rings. The zero-order chi connectivity index (χ0) is 12.1. The molecule has 1 saturated heterocycles. The van der Waals surface area contributed by atoms with Crippen LogP contribution in [0.1, 0.15) is 26.2 Å². The first-order valence-electron chi connectivity index (χ1n) is 5.77. The summed E-state index contributed by atoms with van der Waals surface area (Å²) in [6, 6.07) is -0.563. The van der Waals surface area contributed by atoms with E-state index in [1.54, 1.807) is 11.9 Å². The van der Waals surface area contributed by atoms with E-state index >= 15 is 0 Å². The summed E-state index contributed by atoms with van der Waals surface area (Å²) in [5, 5.41) is 8.96. The summed E-state index contributed by atoms with van der Waals surface area (Å²) in [6.07, 6.45) is 2.64. The van der Waals surface area contributed by atoms with Crippen molar-refractivity contribution in [1.82, 2.24) is 9.80 Å². The second-order valence-corrected chi connectivity index (χ2v) is 4.27. The van der Waals surface area contributed by atoms with E-state index in [-0.39, 0.29) is 12.5 Å². The minimum absolute atomic E-state index is 0.0414. The summed E-state index contributed by atoms with van der Waals surface area (Å²) in [6.45, 7) is 3.65. The van der Waals surface area contributed by atoms with Crippen LogP contribution in [0.15, 0.2) is 0 Å². The lowest BCUT2D eigenvalue weighted by Crippen LogP contribution is -2.44. The van der Waals surface area contributed by atoms with Crippen LogP contribution in [0.25, 0.3) is 0 Å². The van der Waals surface area contributed by atoms with Gasteiger partial charge in [0.05, 0.1) is 6.54 Å². The van der Waals surface area contributed by atoms with E-state index in [9.17, 15) is 9.59 Å². The zero-order valence-electron chi connectivity index (χ0n) is 9.98. The van der Waals surface area contributed by atoms with Crippen molar-refractivity contribution in [3.05, 3.63) is 0 Å². The third kappa shape index (κ3) is 3.20. The van der Waals surface area contributed by atoms with E-state index < -0.39 is 12.0 Å². The number of hydrogen-bond donors (Lipinski definition) is 1. The van der Waals surface area contributed by atoms with Gasteiger partial charge in [-0.1, -0.05) is 6.92 Å². The fourth-order valence-corrected chi connectivity index (χ4v) is 2.06. The molecular weight excluding hydrogens is 208 g/mol. The van der Waals surface area contributed by atoms with Gasteiger partial charge >= 0.3 is 5.97 Å². The second-order valence-electron chi connectivity index (χ2n) is 4.27. The molecule has 0 aromatic carbocycles. The smallest absolute Gasteiger partial charge is 0.320 e. The summed E-state index contributed by atoms with van der Waals surface area (Å²) >= 11 is 0. The number of carbonyl (C=O) groups is 2. The first kappa shape index (κ1) is 13.0. The van der Waals surface area contributed by atoms with Gasteiger partial charge in [-0.2, -0.15) is 0 Å². The third-order valence-corrected chi connectivity index (χ3v) is 3.05. The Morgan fingerprint density at radius 3 is 2.38 bits per heavy atom. The van der Waals surface area contributed by atoms with Crippen molar-refractivity contribution in [1.29, 1.82) is 0 Å². The lowest BCUT2D eigenvalue weighted by Gasteiger charge is -2.25. The molecule has 1 amide bonds. The van der Waals surface area contributed by atoms with Crippen molar-refractivity contribution < 1.29 is 14.7 Å². The van der Waals surface area contributed by atoms with Crippen LogP contribution >= 0.6 is 0 Å². The molecule has 1 heterocycles. The first-order valence-corrected chi connectivity index (χ1v) is 5.77. The number of likely N-dealkylation sites (N-methyl/N-ethyl adjacent to an activating group) is 1. The summed E-state index contributed by atoms with van der Waals surface area (Å²) in [5.74, 6) is -0.820. The van der Waals surface area contributed by atoms with Gasteiger partial charge in [-0.05, 0) is 26.3 Å². The molecule has 5 nitrogen and oxygen atoms in total. The molecule has 0 bridgehead atoms.